The van der Waals surface area contributed by atoms with Gasteiger partial charge in [-0.2, -0.15) is 0 Å². The van der Waals surface area contributed by atoms with Crippen LogP contribution in [0, 0.1) is 12.8 Å². The predicted molar refractivity (Wildman–Crippen MR) is 67.3 cm³/mol. The number of aryl methyl sites for hydroxylation is 1. The van der Waals surface area contributed by atoms with Gasteiger partial charge < -0.3 is 5.11 Å². The van der Waals surface area contributed by atoms with Crippen LogP contribution < -0.4 is 0 Å². The molecule has 0 bridgehead atoms. The number of hydrogen-bond donors (Lipinski definition) is 1. The largest absolute Gasteiger partial charge is 0.388 e. The fourth-order valence-electron chi connectivity index (χ4n) is 2.80. The van der Waals surface area contributed by atoms with Crippen molar-refractivity contribution in [2.45, 2.75) is 51.6 Å². The zero-order valence-corrected chi connectivity index (χ0v) is 10.2. The van der Waals surface area contributed by atoms with Crippen LogP contribution >= 0.6 is 0 Å². The Bertz CT molecular complexity index is 324. The molecule has 1 nitrogen and oxygen atoms in total. The minimum atomic E-state index is -0.251. The van der Waals surface area contributed by atoms with Crippen molar-refractivity contribution in [2.24, 2.45) is 5.92 Å². The van der Waals surface area contributed by atoms with Crippen molar-refractivity contribution in [1.82, 2.24) is 0 Å². The molecule has 1 aromatic carbocycles. The fraction of sp³-hybridized carbons (Fsp3) is 0.600. The second-order valence-electron chi connectivity index (χ2n) is 5.05. The van der Waals surface area contributed by atoms with E-state index in [0.29, 0.717) is 5.92 Å². The summed E-state index contributed by atoms with van der Waals surface area (Å²) in [4.78, 5) is 0. The quantitative estimate of drug-likeness (QED) is 0.744. The third kappa shape index (κ3) is 2.65. The summed E-state index contributed by atoms with van der Waals surface area (Å²) >= 11 is 0. The standard InChI is InChI=1S/C15H22O/c1-12-8-6-7-11-14(12)15(16)13-9-4-2-3-5-10-13/h6-8,11,13,15-16H,2-5,9-10H2,1H3/t15-/m0/s1. The van der Waals surface area contributed by atoms with Crippen LogP contribution in [0.4, 0.5) is 0 Å². The highest BCUT2D eigenvalue weighted by Crippen LogP contribution is 2.34. The average molecular weight is 218 g/mol. The highest BCUT2D eigenvalue weighted by molar-refractivity contribution is 5.28. The molecule has 1 N–H and O–H groups in total. The Kier molecular flexibility index (Phi) is 4.00. The second kappa shape index (κ2) is 5.49. The van der Waals surface area contributed by atoms with Crippen molar-refractivity contribution in [1.29, 1.82) is 0 Å². The summed E-state index contributed by atoms with van der Waals surface area (Å²) in [6.07, 6.45) is 7.39. The van der Waals surface area contributed by atoms with Crippen LogP contribution in [0.1, 0.15) is 55.8 Å². The number of benzene rings is 1. The maximum atomic E-state index is 10.5. The topological polar surface area (TPSA) is 20.2 Å². The number of hydrogen-bond acceptors (Lipinski definition) is 1. The molecule has 1 aliphatic rings. The molecule has 0 aromatic heterocycles. The van der Waals surface area contributed by atoms with E-state index in [9.17, 15) is 5.11 Å². The molecule has 0 spiro atoms. The van der Waals surface area contributed by atoms with E-state index in [4.69, 9.17) is 0 Å². The minimum Gasteiger partial charge on any atom is -0.388 e. The molecule has 0 heterocycles. The molecule has 1 aliphatic carbocycles. The molecule has 1 heteroatoms. The Morgan fingerprint density at radius 3 is 2.31 bits per heavy atom. The normalized spacial score (nSPS) is 20.4. The van der Waals surface area contributed by atoms with E-state index in [1.165, 1.54) is 44.1 Å². The van der Waals surface area contributed by atoms with Crippen molar-refractivity contribution in [2.75, 3.05) is 0 Å². The molecular weight excluding hydrogens is 196 g/mol. The predicted octanol–water partition coefficient (Wildman–Crippen LogP) is 4.00. The maximum absolute atomic E-state index is 10.5. The molecule has 0 radical (unpaired) electrons. The monoisotopic (exact) mass is 218 g/mol. The maximum Gasteiger partial charge on any atom is 0.0820 e. The van der Waals surface area contributed by atoms with Gasteiger partial charge in [0.25, 0.3) is 0 Å². The van der Waals surface area contributed by atoms with Gasteiger partial charge in [-0.25, -0.2) is 0 Å². The molecule has 1 fully saturated rings. The van der Waals surface area contributed by atoms with Gasteiger partial charge in [0.05, 0.1) is 6.10 Å². The van der Waals surface area contributed by atoms with Crippen molar-refractivity contribution < 1.29 is 5.11 Å². The van der Waals surface area contributed by atoms with Gasteiger partial charge in [0.1, 0.15) is 0 Å². The van der Waals surface area contributed by atoms with Gasteiger partial charge in [0.2, 0.25) is 0 Å². The van der Waals surface area contributed by atoms with Crippen LogP contribution in [0.5, 0.6) is 0 Å². The van der Waals surface area contributed by atoms with Gasteiger partial charge >= 0.3 is 0 Å². The molecule has 0 saturated heterocycles. The van der Waals surface area contributed by atoms with Gasteiger partial charge in [-0.15, -0.1) is 0 Å². The molecule has 2 rings (SSSR count). The molecule has 1 atom stereocenters. The van der Waals surface area contributed by atoms with Gasteiger partial charge in [-0.3, -0.25) is 0 Å². The average Bonchev–Trinajstić information content (AvgIpc) is 2.57. The van der Waals surface area contributed by atoms with Crippen molar-refractivity contribution in [3.05, 3.63) is 35.4 Å². The van der Waals surface area contributed by atoms with Crippen LogP contribution in [0.3, 0.4) is 0 Å². The van der Waals surface area contributed by atoms with Crippen molar-refractivity contribution in [3.8, 4) is 0 Å². The Hall–Kier alpha value is -0.820. The summed E-state index contributed by atoms with van der Waals surface area (Å²) in [5, 5.41) is 10.5. The Morgan fingerprint density at radius 2 is 1.69 bits per heavy atom. The lowest BCUT2D eigenvalue weighted by Gasteiger charge is -2.23. The van der Waals surface area contributed by atoms with Crippen molar-refractivity contribution >= 4 is 0 Å². The first-order valence-electron chi connectivity index (χ1n) is 6.52. The molecule has 0 unspecified atom stereocenters. The molecule has 16 heavy (non-hydrogen) atoms. The highest BCUT2D eigenvalue weighted by atomic mass is 16.3. The number of rotatable bonds is 2. The van der Waals surface area contributed by atoms with E-state index in [1.54, 1.807) is 0 Å². The molecule has 1 aromatic rings. The van der Waals surface area contributed by atoms with E-state index in [1.807, 2.05) is 12.1 Å². The van der Waals surface area contributed by atoms with Crippen LogP contribution in [0.2, 0.25) is 0 Å². The van der Waals surface area contributed by atoms with Crippen LogP contribution in [-0.4, -0.2) is 5.11 Å². The first kappa shape index (κ1) is 11.7. The van der Waals surface area contributed by atoms with Crippen LogP contribution in [-0.2, 0) is 0 Å². The van der Waals surface area contributed by atoms with E-state index >= 15 is 0 Å². The van der Waals surface area contributed by atoms with Gasteiger partial charge in [0.15, 0.2) is 0 Å². The summed E-state index contributed by atoms with van der Waals surface area (Å²) in [5.74, 6) is 0.476. The molecular formula is C15H22O. The van der Waals surface area contributed by atoms with E-state index in [-0.39, 0.29) is 6.10 Å². The van der Waals surface area contributed by atoms with E-state index in [0.717, 1.165) is 5.56 Å². The lowest BCUT2D eigenvalue weighted by molar-refractivity contribution is 0.0982. The highest BCUT2D eigenvalue weighted by Gasteiger charge is 2.22. The molecule has 0 amide bonds. The number of aliphatic hydroxyl groups excluding tert-OH is 1. The summed E-state index contributed by atoms with van der Waals surface area (Å²) in [6, 6.07) is 8.24. The number of aliphatic hydroxyl groups is 1. The first-order valence-corrected chi connectivity index (χ1v) is 6.52. The Balaban J connectivity index is 2.11. The summed E-state index contributed by atoms with van der Waals surface area (Å²) in [5.41, 5.74) is 2.36. The van der Waals surface area contributed by atoms with Crippen LogP contribution in [0.25, 0.3) is 0 Å². The second-order valence-corrected chi connectivity index (χ2v) is 5.05. The zero-order chi connectivity index (χ0) is 11.4. The Morgan fingerprint density at radius 1 is 1.06 bits per heavy atom. The minimum absolute atomic E-state index is 0.251. The SMILES string of the molecule is Cc1ccccc1[C@@H](O)C1CCCCCC1. The third-order valence-corrected chi connectivity index (χ3v) is 3.85. The Labute approximate surface area is 98.5 Å². The third-order valence-electron chi connectivity index (χ3n) is 3.85. The lowest BCUT2D eigenvalue weighted by atomic mass is 9.88. The van der Waals surface area contributed by atoms with Gasteiger partial charge in [-0.05, 0) is 36.8 Å². The van der Waals surface area contributed by atoms with E-state index in [2.05, 4.69) is 19.1 Å². The molecule has 1 saturated carbocycles. The van der Waals surface area contributed by atoms with Gasteiger partial charge in [-0.1, -0.05) is 49.9 Å². The smallest absolute Gasteiger partial charge is 0.0820 e. The summed E-state index contributed by atoms with van der Waals surface area (Å²) in [7, 11) is 0. The summed E-state index contributed by atoms with van der Waals surface area (Å²) < 4.78 is 0. The lowest BCUT2D eigenvalue weighted by Crippen LogP contribution is -2.13. The van der Waals surface area contributed by atoms with Crippen LogP contribution in [0.15, 0.2) is 24.3 Å². The fourth-order valence-corrected chi connectivity index (χ4v) is 2.80. The van der Waals surface area contributed by atoms with Gasteiger partial charge in [0, 0.05) is 0 Å². The zero-order valence-electron chi connectivity index (χ0n) is 10.2. The van der Waals surface area contributed by atoms with E-state index < -0.39 is 0 Å². The molecule has 88 valence electrons. The molecule has 0 aliphatic heterocycles. The van der Waals surface area contributed by atoms with Crippen molar-refractivity contribution in [3.63, 3.8) is 0 Å². The summed E-state index contributed by atoms with van der Waals surface area (Å²) in [6.45, 7) is 2.09. The first-order chi connectivity index (χ1) is 7.79.